The molecule has 0 atom stereocenters. The van der Waals surface area contributed by atoms with E-state index >= 15 is 0 Å². The topological polar surface area (TPSA) is 42.7 Å². The van der Waals surface area contributed by atoms with Gasteiger partial charge in [0.2, 0.25) is 0 Å². The van der Waals surface area contributed by atoms with Crippen LogP contribution in [0.3, 0.4) is 0 Å². The molecule has 0 aliphatic rings. The molecule has 4 nitrogen and oxygen atoms in total. The van der Waals surface area contributed by atoms with Gasteiger partial charge in [-0.25, -0.2) is 4.98 Å². The number of pyridine rings is 1. The van der Waals surface area contributed by atoms with E-state index in [9.17, 15) is 0 Å². The van der Waals surface area contributed by atoms with Gasteiger partial charge in [0.1, 0.15) is 16.1 Å². The van der Waals surface area contributed by atoms with Crippen LogP contribution in [-0.2, 0) is 13.6 Å². The second-order valence-corrected chi connectivity index (χ2v) is 4.22. The van der Waals surface area contributed by atoms with Gasteiger partial charge >= 0.3 is 0 Å². The number of halogens is 1. The zero-order valence-electron chi connectivity index (χ0n) is 9.24. The van der Waals surface area contributed by atoms with Crippen LogP contribution in [0.5, 0.6) is 0 Å². The van der Waals surface area contributed by atoms with Gasteiger partial charge in [0, 0.05) is 13.2 Å². The summed E-state index contributed by atoms with van der Waals surface area (Å²) >= 11 is 3.54. The van der Waals surface area contributed by atoms with Crippen molar-refractivity contribution in [2.24, 2.45) is 7.05 Å². The lowest BCUT2D eigenvalue weighted by Crippen LogP contribution is -2.10. The van der Waals surface area contributed by atoms with E-state index in [-0.39, 0.29) is 0 Å². The predicted octanol–water partition coefficient (Wildman–Crippen LogP) is 1.96. The molecule has 0 aliphatic carbocycles. The van der Waals surface area contributed by atoms with Gasteiger partial charge in [0.25, 0.3) is 0 Å². The van der Waals surface area contributed by atoms with Gasteiger partial charge in [-0.05, 0) is 35.1 Å². The van der Waals surface area contributed by atoms with E-state index < -0.39 is 0 Å². The highest BCUT2D eigenvalue weighted by molar-refractivity contribution is 9.10. The maximum absolute atomic E-state index is 4.56. The normalized spacial score (nSPS) is 10.7. The lowest BCUT2D eigenvalue weighted by Gasteiger charge is -1.99. The minimum Gasteiger partial charge on any atom is -0.324 e. The molecule has 0 bridgehead atoms. The summed E-state index contributed by atoms with van der Waals surface area (Å²) in [5.41, 5.74) is 1.76. The molecule has 0 saturated heterocycles. The maximum atomic E-state index is 4.56. The summed E-state index contributed by atoms with van der Waals surface area (Å²) in [4.78, 5) is 8.86. The molecule has 0 saturated carbocycles. The van der Waals surface area contributed by atoms with Crippen molar-refractivity contribution in [1.82, 2.24) is 19.9 Å². The van der Waals surface area contributed by atoms with Crippen LogP contribution < -0.4 is 5.32 Å². The van der Waals surface area contributed by atoms with Crippen molar-refractivity contribution in [2.75, 3.05) is 7.05 Å². The Hall–Kier alpha value is -1.20. The fourth-order valence-corrected chi connectivity index (χ4v) is 2.00. The van der Waals surface area contributed by atoms with E-state index in [0.29, 0.717) is 0 Å². The Balaban J connectivity index is 2.46. The second-order valence-electron chi connectivity index (χ2n) is 3.47. The van der Waals surface area contributed by atoms with Crippen LogP contribution in [0, 0.1) is 0 Å². The van der Waals surface area contributed by atoms with Crippen LogP contribution in [0.2, 0.25) is 0 Å². The van der Waals surface area contributed by atoms with Gasteiger partial charge in [-0.1, -0.05) is 6.07 Å². The molecule has 2 heterocycles. The number of hydrogen-bond acceptors (Lipinski definition) is 3. The van der Waals surface area contributed by atoms with Crippen molar-refractivity contribution in [3.63, 3.8) is 0 Å². The third kappa shape index (κ3) is 2.01. The first kappa shape index (κ1) is 11.3. The molecule has 0 fully saturated rings. The Labute approximate surface area is 103 Å². The van der Waals surface area contributed by atoms with Crippen molar-refractivity contribution < 1.29 is 0 Å². The van der Waals surface area contributed by atoms with Crippen molar-refractivity contribution in [1.29, 1.82) is 0 Å². The lowest BCUT2D eigenvalue weighted by atomic mass is 10.3. The Bertz CT molecular complexity index is 478. The Morgan fingerprint density at radius 3 is 2.88 bits per heavy atom. The number of imidazole rings is 1. The molecule has 0 spiro atoms. The number of nitrogens with zero attached hydrogens (tertiary/aromatic N) is 3. The largest absolute Gasteiger partial charge is 0.324 e. The monoisotopic (exact) mass is 280 g/mol. The maximum Gasteiger partial charge on any atom is 0.124 e. The van der Waals surface area contributed by atoms with Gasteiger partial charge in [0.15, 0.2) is 0 Å². The molecule has 1 N–H and O–H groups in total. The zero-order chi connectivity index (χ0) is 11.5. The van der Waals surface area contributed by atoms with Crippen LogP contribution in [0.25, 0.3) is 11.4 Å². The van der Waals surface area contributed by atoms with Crippen molar-refractivity contribution >= 4 is 15.9 Å². The fraction of sp³-hybridized carbons (Fsp3) is 0.273. The van der Waals surface area contributed by atoms with Crippen LogP contribution in [0.15, 0.2) is 29.0 Å². The molecular formula is C11H13BrN4. The average Bonchev–Trinajstić information content (AvgIpc) is 2.59. The van der Waals surface area contributed by atoms with Crippen molar-refractivity contribution in [3.8, 4) is 11.4 Å². The predicted molar refractivity (Wildman–Crippen MR) is 66.9 cm³/mol. The summed E-state index contributed by atoms with van der Waals surface area (Å²) in [5.74, 6) is 0.982. The first-order chi connectivity index (χ1) is 7.74. The highest BCUT2D eigenvalue weighted by atomic mass is 79.9. The summed E-state index contributed by atoms with van der Waals surface area (Å²) in [5, 5.41) is 3.09. The van der Waals surface area contributed by atoms with E-state index in [1.807, 2.05) is 36.9 Å². The molecule has 5 heteroatoms. The molecule has 0 amide bonds. The highest BCUT2D eigenvalue weighted by Crippen LogP contribution is 2.26. The molecule has 84 valence electrons. The van der Waals surface area contributed by atoms with Gasteiger partial charge in [-0.15, -0.1) is 0 Å². The number of rotatable bonds is 3. The molecule has 2 aromatic heterocycles. The van der Waals surface area contributed by atoms with Crippen LogP contribution in [-0.4, -0.2) is 21.6 Å². The Morgan fingerprint density at radius 2 is 2.25 bits per heavy atom. The zero-order valence-corrected chi connectivity index (χ0v) is 10.8. The average molecular weight is 281 g/mol. The molecule has 2 aromatic rings. The van der Waals surface area contributed by atoms with E-state index in [4.69, 9.17) is 0 Å². The summed E-state index contributed by atoms with van der Waals surface area (Å²) in [7, 11) is 3.89. The first-order valence-electron chi connectivity index (χ1n) is 5.01. The van der Waals surface area contributed by atoms with E-state index in [1.54, 1.807) is 6.20 Å². The quantitative estimate of drug-likeness (QED) is 0.935. The van der Waals surface area contributed by atoms with Crippen molar-refractivity contribution in [3.05, 3.63) is 34.8 Å². The molecule has 0 aliphatic heterocycles. The van der Waals surface area contributed by atoms with E-state index in [2.05, 4.69) is 31.2 Å². The Kier molecular flexibility index (Phi) is 3.36. The minimum absolute atomic E-state index is 0.738. The Morgan fingerprint density at radius 1 is 1.44 bits per heavy atom. The summed E-state index contributed by atoms with van der Waals surface area (Å²) < 4.78 is 2.97. The molecule has 2 rings (SSSR count). The van der Waals surface area contributed by atoms with Crippen molar-refractivity contribution in [2.45, 2.75) is 6.54 Å². The number of aromatic nitrogens is 3. The standard InChI is InChI=1S/C11H13BrN4/c1-13-7-9-15-10(11(12)16(9)2)8-5-3-4-6-14-8/h3-6,13H,7H2,1-2H3. The number of hydrogen-bond donors (Lipinski definition) is 1. The fourth-order valence-electron chi connectivity index (χ4n) is 1.50. The molecule has 0 radical (unpaired) electrons. The molecule has 0 unspecified atom stereocenters. The van der Waals surface area contributed by atoms with E-state index in [1.165, 1.54) is 0 Å². The van der Waals surface area contributed by atoms with Crippen LogP contribution in [0.1, 0.15) is 5.82 Å². The first-order valence-corrected chi connectivity index (χ1v) is 5.80. The van der Waals surface area contributed by atoms with Gasteiger partial charge < -0.3 is 9.88 Å². The lowest BCUT2D eigenvalue weighted by molar-refractivity contribution is 0.704. The summed E-state index contributed by atoms with van der Waals surface area (Å²) in [6, 6.07) is 5.81. The smallest absolute Gasteiger partial charge is 0.124 e. The third-order valence-corrected chi connectivity index (χ3v) is 3.27. The van der Waals surface area contributed by atoms with Crippen LogP contribution in [0.4, 0.5) is 0 Å². The highest BCUT2D eigenvalue weighted by Gasteiger charge is 2.13. The second kappa shape index (κ2) is 4.76. The minimum atomic E-state index is 0.738. The van der Waals surface area contributed by atoms with E-state index in [0.717, 1.165) is 28.4 Å². The van der Waals surface area contributed by atoms with Gasteiger partial charge in [-0.2, -0.15) is 0 Å². The molecule has 0 aromatic carbocycles. The van der Waals surface area contributed by atoms with Gasteiger partial charge in [0.05, 0.1) is 12.2 Å². The third-order valence-electron chi connectivity index (χ3n) is 2.36. The summed E-state index contributed by atoms with van der Waals surface area (Å²) in [6.45, 7) is 0.738. The SMILES string of the molecule is CNCc1nc(-c2ccccn2)c(Br)n1C. The molecule has 16 heavy (non-hydrogen) atoms. The molecular weight excluding hydrogens is 268 g/mol. The van der Waals surface area contributed by atoms with Gasteiger partial charge in [-0.3, -0.25) is 4.98 Å². The number of nitrogens with one attached hydrogen (secondary N) is 1. The summed E-state index contributed by atoms with van der Waals surface area (Å²) in [6.07, 6.45) is 1.77. The van der Waals surface area contributed by atoms with Crippen LogP contribution >= 0.6 is 15.9 Å².